The van der Waals surface area contributed by atoms with Crippen molar-refractivity contribution in [3.05, 3.63) is 83.0 Å². The van der Waals surface area contributed by atoms with Crippen LogP contribution in [0.4, 0.5) is 4.39 Å². The van der Waals surface area contributed by atoms with Gasteiger partial charge in [0.1, 0.15) is 5.82 Å². The number of nitrogens with zero attached hydrogens (tertiary/aromatic N) is 1. The second-order valence-corrected chi connectivity index (χ2v) is 8.63. The minimum absolute atomic E-state index is 0.0933. The molecule has 1 amide bonds. The number of amides is 1. The predicted molar refractivity (Wildman–Crippen MR) is 105 cm³/mol. The summed E-state index contributed by atoms with van der Waals surface area (Å²) in [5.74, 6) is -1.73. The number of sulfone groups is 1. The van der Waals surface area contributed by atoms with Crippen LogP contribution in [0.5, 0.6) is 0 Å². The molecule has 3 rings (SSSR count). The van der Waals surface area contributed by atoms with Crippen molar-refractivity contribution in [1.82, 2.24) is 4.90 Å². The van der Waals surface area contributed by atoms with Gasteiger partial charge in [0.2, 0.25) is 0 Å². The SMILES string of the molecule is O=C(Cc1ccc(F)cc1)OCC(=O)N(Cc1ccccc1)[C@@H]1C=CS(=O)(=O)C1. The number of ether oxygens (including phenoxy) is 1. The van der Waals surface area contributed by atoms with Crippen LogP contribution in [0.2, 0.25) is 0 Å². The molecule has 0 saturated heterocycles. The summed E-state index contributed by atoms with van der Waals surface area (Å²) >= 11 is 0. The molecule has 1 atom stereocenters. The van der Waals surface area contributed by atoms with Gasteiger partial charge in [-0.25, -0.2) is 12.8 Å². The summed E-state index contributed by atoms with van der Waals surface area (Å²) in [6.45, 7) is -0.309. The maximum atomic E-state index is 12.9. The number of rotatable bonds is 7. The Bertz CT molecular complexity index is 1000. The maximum Gasteiger partial charge on any atom is 0.310 e. The molecular weight excluding hydrogens is 397 g/mol. The van der Waals surface area contributed by atoms with Gasteiger partial charge in [-0.1, -0.05) is 42.5 Å². The molecule has 2 aromatic carbocycles. The molecule has 1 aliphatic rings. The number of esters is 1. The molecule has 6 nitrogen and oxygen atoms in total. The van der Waals surface area contributed by atoms with E-state index in [-0.39, 0.29) is 18.7 Å². The van der Waals surface area contributed by atoms with Gasteiger partial charge >= 0.3 is 5.97 Å². The minimum Gasteiger partial charge on any atom is -0.455 e. The van der Waals surface area contributed by atoms with Gasteiger partial charge in [0.05, 0.1) is 18.2 Å². The van der Waals surface area contributed by atoms with Gasteiger partial charge in [-0.15, -0.1) is 0 Å². The van der Waals surface area contributed by atoms with E-state index in [1.807, 2.05) is 30.3 Å². The van der Waals surface area contributed by atoms with E-state index in [9.17, 15) is 22.4 Å². The predicted octanol–water partition coefficient (Wildman–Crippen LogP) is 2.25. The second-order valence-electron chi connectivity index (χ2n) is 6.70. The summed E-state index contributed by atoms with van der Waals surface area (Å²) in [5.41, 5.74) is 1.39. The van der Waals surface area contributed by atoms with Crippen LogP contribution in [0.25, 0.3) is 0 Å². The molecule has 0 unspecified atom stereocenters. The van der Waals surface area contributed by atoms with Gasteiger partial charge in [0.15, 0.2) is 16.4 Å². The standard InChI is InChI=1S/C21H20FNO5S/c22-18-8-6-16(7-9-18)12-21(25)28-14-20(24)23(13-17-4-2-1-3-5-17)19-10-11-29(26,27)15-19/h1-11,19H,12-15H2/t19-/m1/s1. The average molecular weight is 417 g/mol. The van der Waals surface area contributed by atoms with Gasteiger partial charge in [0, 0.05) is 12.0 Å². The fourth-order valence-electron chi connectivity index (χ4n) is 2.97. The van der Waals surface area contributed by atoms with E-state index in [0.29, 0.717) is 5.56 Å². The second kappa shape index (κ2) is 9.00. The third-order valence-corrected chi connectivity index (χ3v) is 5.82. The molecule has 0 spiro atoms. The van der Waals surface area contributed by atoms with Gasteiger partial charge in [0.25, 0.3) is 5.91 Å². The van der Waals surface area contributed by atoms with Gasteiger partial charge in [-0.3, -0.25) is 9.59 Å². The largest absolute Gasteiger partial charge is 0.455 e. The summed E-state index contributed by atoms with van der Waals surface area (Å²) < 4.78 is 41.6. The fraction of sp³-hybridized carbons (Fsp3) is 0.238. The van der Waals surface area contributed by atoms with Crippen LogP contribution in [0.1, 0.15) is 11.1 Å². The van der Waals surface area contributed by atoms with E-state index < -0.39 is 40.2 Å². The molecule has 0 fully saturated rings. The lowest BCUT2D eigenvalue weighted by molar-refractivity contribution is -0.152. The van der Waals surface area contributed by atoms with Crippen LogP contribution in [-0.2, 0) is 37.1 Å². The molecule has 1 aliphatic heterocycles. The van der Waals surface area contributed by atoms with Crippen molar-refractivity contribution in [2.24, 2.45) is 0 Å². The zero-order valence-electron chi connectivity index (χ0n) is 15.5. The molecule has 0 saturated carbocycles. The molecule has 0 aliphatic carbocycles. The number of benzene rings is 2. The Morgan fingerprint density at radius 1 is 1.03 bits per heavy atom. The highest BCUT2D eigenvalue weighted by molar-refractivity contribution is 7.94. The zero-order valence-corrected chi connectivity index (χ0v) is 16.3. The summed E-state index contributed by atoms with van der Waals surface area (Å²) in [5, 5.41) is 1.10. The Balaban J connectivity index is 1.63. The summed E-state index contributed by atoms with van der Waals surface area (Å²) in [7, 11) is -3.35. The fourth-order valence-corrected chi connectivity index (χ4v) is 4.27. The molecule has 29 heavy (non-hydrogen) atoms. The van der Waals surface area contributed by atoms with Crippen LogP contribution >= 0.6 is 0 Å². The first-order valence-corrected chi connectivity index (χ1v) is 10.7. The Morgan fingerprint density at radius 3 is 2.34 bits per heavy atom. The Kier molecular flexibility index (Phi) is 6.43. The summed E-state index contributed by atoms with van der Waals surface area (Å²) in [6.07, 6.45) is 1.38. The van der Waals surface area contributed by atoms with Crippen molar-refractivity contribution in [3.63, 3.8) is 0 Å². The molecule has 0 N–H and O–H groups in total. The lowest BCUT2D eigenvalue weighted by Gasteiger charge is -2.27. The highest BCUT2D eigenvalue weighted by atomic mass is 32.2. The molecule has 0 aromatic heterocycles. The Morgan fingerprint density at radius 2 is 1.72 bits per heavy atom. The van der Waals surface area contributed by atoms with E-state index in [4.69, 9.17) is 4.74 Å². The topological polar surface area (TPSA) is 80.8 Å². The van der Waals surface area contributed by atoms with Gasteiger partial charge in [-0.05, 0) is 29.3 Å². The van der Waals surface area contributed by atoms with E-state index in [2.05, 4.69) is 0 Å². The highest BCUT2D eigenvalue weighted by Gasteiger charge is 2.30. The van der Waals surface area contributed by atoms with Crippen LogP contribution in [-0.4, -0.2) is 43.6 Å². The highest BCUT2D eigenvalue weighted by Crippen LogP contribution is 2.18. The van der Waals surface area contributed by atoms with Crippen LogP contribution in [0.15, 0.2) is 66.1 Å². The third kappa shape index (κ3) is 5.99. The lowest BCUT2D eigenvalue weighted by atomic mass is 10.1. The van der Waals surface area contributed by atoms with Gasteiger partial charge < -0.3 is 9.64 Å². The average Bonchev–Trinajstić information content (AvgIpc) is 3.06. The first-order chi connectivity index (χ1) is 13.8. The summed E-state index contributed by atoms with van der Waals surface area (Å²) in [4.78, 5) is 26.1. The number of carbonyl (C=O) groups is 2. The first-order valence-electron chi connectivity index (χ1n) is 8.97. The minimum atomic E-state index is -3.35. The van der Waals surface area contributed by atoms with Crippen molar-refractivity contribution in [2.45, 2.75) is 19.0 Å². The molecule has 0 radical (unpaired) electrons. The monoisotopic (exact) mass is 417 g/mol. The van der Waals surface area contributed by atoms with Crippen LogP contribution < -0.4 is 0 Å². The summed E-state index contributed by atoms with van der Waals surface area (Å²) in [6, 6.07) is 13.9. The first kappa shape index (κ1) is 20.7. The smallest absolute Gasteiger partial charge is 0.310 e. The normalized spacial score (nSPS) is 17.1. The van der Waals surface area contributed by atoms with E-state index in [0.717, 1.165) is 11.0 Å². The molecule has 2 aromatic rings. The zero-order chi connectivity index (χ0) is 20.9. The Labute approximate surface area is 168 Å². The van der Waals surface area contributed by atoms with Crippen LogP contribution in [0, 0.1) is 5.82 Å². The van der Waals surface area contributed by atoms with Crippen molar-refractivity contribution in [2.75, 3.05) is 12.4 Å². The number of carbonyl (C=O) groups excluding carboxylic acids is 2. The third-order valence-electron chi connectivity index (χ3n) is 4.45. The van der Waals surface area contributed by atoms with Crippen molar-refractivity contribution in [1.29, 1.82) is 0 Å². The number of hydrogen-bond acceptors (Lipinski definition) is 5. The molecule has 8 heteroatoms. The molecular formula is C21H20FNO5S. The molecule has 0 bridgehead atoms. The molecule has 152 valence electrons. The van der Waals surface area contributed by atoms with E-state index in [1.165, 1.54) is 35.2 Å². The number of halogens is 1. The maximum absolute atomic E-state index is 12.9. The lowest BCUT2D eigenvalue weighted by Crippen LogP contribution is -2.42. The number of hydrogen-bond donors (Lipinski definition) is 0. The van der Waals surface area contributed by atoms with Crippen molar-refractivity contribution < 1.29 is 27.1 Å². The van der Waals surface area contributed by atoms with E-state index in [1.54, 1.807) is 0 Å². The van der Waals surface area contributed by atoms with Crippen LogP contribution in [0.3, 0.4) is 0 Å². The quantitative estimate of drug-likeness (QED) is 0.646. The molecule has 1 heterocycles. The van der Waals surface area contributed by atoms with Crippen molar-refractivity contribution in [3.8, 4) is 0 Å². The Hall–Kier alpha value is -3.00. The van der Waals surface area contributed by atoms with Gasteiger partial charge in [-0.2, -0.15) is 0 Å². The van der Waals surface area contributed by atoms with Crippen molar-refractivity contribution >= 4 is 21.7 Å². The van der Waals surface area contributed by atoms with E-state index >= 15 is 0 Å².